The second-order valence-electron chi connectivity index (χ2n) is 7.51. The zero-order valence-electron chi connectivity index (χ0n) is 16.9. The maximum atomic E-state index is 10.4. The van der Waals surface area contributed by atoms with E-state index >= 15 is 0 Å². The van der Waals surface area contributed by atoms with Gasteiger partial charge in [0.05, 0.1) is 0 Å². The minimum absolute atomic E-state index is 0. The van der Waals surface area contributed by atoms with Crippen LogP contribution >= 0.6 is 12.4 Å². The first-order valence-corrected chi connectivity index (χ1v) is 11.0. The summed E-state index contributed by atoms with van der Waals surface area (Å²) < 4.78 is 0. The van der Waals surface area contributed by atoms with Gasteiger partial charge in [-0.15, -0.1) is 12.4 Å². The average molecular weight is 377 g/mol. The van der Waals surface area contributed by atoms with Gasteiger partial charge in [-0.05, 0) is 6.42 Å². The molecule has 0 saturated heterocycles. The Morgan fingerprint density at radius 3 is 1.00 bits per heavy atom. The number of carbonyl (C=O) groups is 1. The molecule has 0 unspecified atom stereocenters. The van der Waals surface area contributed by atoms with Crippen LogP contribution in [0.5, 0.6) is 0 Å². The summed E-state index contributed by atoms with van der Waals surface area (Å²) in [6.45, 7) is 2.28. The van der Waals surface area contributed by atoms with Gasteiger partial charge in [-0.3, -0.25) is 4.79 Å². The molecule has 0 aliphatic rings. The zero-order chi connectivity index (χ0) is 17.7. The summed E-state index contributed by atoms with van der Waals surface area (Å²) in [6, 6.07) is 0. The number of hydrogen-bond donors (Lipinski definition) is 1. The molecular formula is C22H45ClO2. The van der Waals surface area contributed by atoms with Gasteiger partial charge in [-0.25, -0.2) is 0 Å². The van der Waals surface area contributed by atoms with Crippen molar-refractivity contribution >= 4 is 18.4 Å². The molecule has 0 amide bonds. The predicted octanol–water partition coefficient (Wildman–Crippen LogP) is 8.31. The first-order valence-electron chi connectivity index (χ1n) is 11.0. The third-order valence-electron chi connectivity index (χ3n) is 4.99. The van der Waals surface area contributed by atoms with E-state index in [9.17, 15) is 4.79 Å². The largest absolute Gasteiger partial charge is 0.481 e. The van der Waals surface area contributed by atoms with Crippen molar-refractivity contribution in [1.29, 1.82) is 0 Å². The Balaban J connectivity index is 0. The lowest BCUT2D eigenvalue weighted by atomic mass is 10.0. The maximum absolute atomic E-state index is 10.4. The molecule has 25 heavy (non-hydrogen) atoms. The molecule has 0 bridgehead atoms. The lowest BCUT2D eigenvalue weighted by molar-refractivity contribution is -0.137. The molecule has 0 aliphatic carbocycles. The Morgan fingerprint density at radius 1 is 0.520 bits per heavy atom. The van der Waals surface area contributed by atoms with Crippen molar-refractivity contribution in [2.24, 2.45) is 0 Å². The van der Waals surface area contributed by atoms with Gasteiger partial charge in [0.1, 0.15) is 0 Å². The molecule has 0 atom stereocenters. The summed E-state index contributed by atoms with van der Waals surface area (Å²) in [4.78, 5) is 10.4. The van der Waals surface area contributed by atoms with Crippen molar-refractivity contribution in [3.8, 4) is 0 Å². The average Bonchev–Trinajstić information content (AvgIpc) is 2.56. The van der Waals surface area contributed by atoms with Crippen molar-refractivity contribution in [1.82, 2.24) is 0 Å². The van der Waals surface area contributed by atoms with Crippen LogP contribution in [0, 0.1) is 0 Å². The summed E-state index contributed by atoms with van der Waals surface area (Å²) in [5.41, 5.74) is 0. The summed E-state index contributed by atoms with van der Waals surface area (Å²) in [5, 5.41) is 8.56. The number of carboxylic acid groups (broad SMARTS) is 1. The Morgan fingerprint density at radius 2 is 0.760 bits per heavy atom. The zero-order valence-corrected chi connectivity index (χ0v) is 17.7. The normalized spacial score (nSPS) is 10.6. The van der Waals surface area contributed by atoms with Gasteiger partial charge >= 0.3 is 5.97 Å². The van der Waals surface area contributed by atoms with Crippen molar-refractivity contribution < 1.29 is 9.90 Å². The highest BCUT2D eigenvalue weighted by Crippen LogP contribution is 2.14. The Bertz CT molecular complexity index is 256. The summed E-state index contributed by atoms with van der Waals surface area (Å²) in [7, 11) is 0. The Hall–Kier alpha value is -0.240. The van der Waals surface area contributed by atoms with Crippen LogP contribution in [0.25, 0.3) is 0 Å². The van der Waals surface area contributed by atoms with Crippen LogP contribution < -0.4 is 0 Å². The first-order chi connectivity index (χ1) is 11.8. The molecule has 0 fully saturated rings. The molecule has 0 aliphatic heterocycles. The monoisotopic (exact) mass is 376 g/mol. The molecule has 0 aromatic carbocycles. The van der Waals surface area contributed by atoms with Crippen LogP contribution in [0.2, 0.25) is 0 Å². The van der Waals surface area contributed by atoms with Crippen LogP contribution in [-0.2, 0) is 4.79 Å². The molecule has 2 nitrogen and oxygen atoms in total. The number of aliphatic carboxylic acids is 1. The van der Waals surface area contributed by atoms with Crippen LogP contribution in [0.4, 0.5) is 0 Å². The Kier molecular flexibility index (Phi) is 25.6. The van der Waals surface area contributed by atoms with Gasteiger partial charge in [0.15, 0.2) is 0 Å². The molecule has 1 N–H and O–H groups in total. The minimum Gasteiger partial charge on any atom is -0.481 e. The van der Waals surface area contributed by atoms with Crippen LogP contribution in [0.15, 0.2) is 0 Å². The van der Waals surface area contributed by atoms with E-state index in [4.69, 9.17) is 5.11 Å². The van der Waals surface area contributed by atoms with E-state index in [-0.39, 0.29) is 12.4 Å². The van der Waals surface area contributed by atoms with E-state index in [2.05, 4.69) is 6.92 Å². The molecule has 0 spiro atoms. The van der Waals surface area contributed by atoms with Crippen molar-refractivity contribution in [2.45, 2.75) is 135 Å². The lowest BCUT2D eigenvalue weighted by Crippen LogP contribution is -1.93. The van der Waals surface area contributed by atoms with Gasteiger partial charge in [-0.1, -0.05) is 122 Å². The predicted molar refractivity (Wildman–Crippen MR) is 113 cm³/mol. The summed E-state index contributed by atoms with van der Waals surface area (Å²) in [5.74, 6) is -0.651. The fourth-order valence-corrected chi connectivity index (χ4v) is 3.35. The standard InChI is InChI=1S/C22H44O2.ClH/c1-2-3-4-5-6-7-8-9-10-11-12-13-14-15-16-17-18-19-20-21-22(23)24;/h2-21H2,1H3,(H,23,24);1H. The van der Waals surface area contributed by atoms with Gasteiger partial charge in [0, 0.05) is 6.42 Å². The second kappa shape index (κ2) is 23.8. The Labute approximate surface area is 164 Å². The third kappa shape index (κ3) is 26.1. The van der Waals surface area contributed by atoms with Crippen molar-refractivity contribution in [3.63, 3.8) is 0 Å². The topological polar surface area (TPSA) is 37.3 Å². The molecule has 0 aromatic heterocycles. The van der Waals surface area contributed by atoms with Gasteiger partial charge in [-0.2, -0.15) is 0 Å². The highest BCUT2D eigenvalue weighted by molar-refractivity contribution is 5.85. The molecule has 0 radical (unpaired) electrons. The van der Waals surface area contributed by atoms with E-state index in [1.807, 2.05) is 0 Å². The molecule has 3 heteroatoms. The van der Waals surface area contributed by atoms with E-state index in [0.29, 0.717) is 6.42 Å². The van der Waals surface area contributed by atoms with Crippen LogP contribution in [0.3, 0.4) is 0 Å². The number of rotatable bonds is 20. The van der Waals surface area contributed by atoms with E-state index < -0.39 is 5.97 Å². The maximum Gasteiger partial charge on any atom is 0.303 e. The highest BCUT2D eigenvalue weighted by atomic mass is 35.5. The van der Waals surface area contributed by atoms with Gasteiger partial charge in [0.25, 0.3) is 0 Å². The molecule has 0 heterocycles. The van der Waals surface area contributed by atoms with Crippen LogP contribution in [-0.4, -0.2) is 11.1 Å². The quantitative estimate of drug-likeness (QED) is 0.217. The molecule has 0 saturated carbocycles. The van der Waals surface area contributed by atoms with Gasteiger partial charge < -0.3 is 5.11 Å². The highest BCUT2D eigenvalue weighted by Gasteiger charge is 1.97. The number of carboxylic acids is 1. The second-order valence-corrected chi connectivity index (χ2v) is 7.51. The molecular weight excluding hydrogens is 332 g/mol. The SMILES string of the molecule is CCCCCCCCCCCCCCCCCCCCCC(=O)O.Cl. The van der Waals surface area contributed by atoms with Crippen molar-refractivity contribution in [2.75, 3.05) is 0 Å². The smallest absolute Gasteiger partial charge is 0.303 e. The summed E-state index contributed by atoms with van der Waals surface area (Å²) in [6.07, 6.45) is 26.1. The molecule has 152 valence electrons. The molecule has 0 aromatic rings. The first kappa shape index (κ1) is 27.0. The van der Waals surface area contributed by atoms with E-state index in [1.165, 1.54) is 109 Å². The third-order valence-corrected chi connectivity index (χ3v) is 4.99. The van der Waals surface area contributed by atoms with Crippen molar-refractivity contribution in [3.05, 3.63) is 0 Å². The van der Waals surface area contributed by atoms with Gasteiger partial charge in [0.2, 0.25) is 0 Å². The van der Waals surface area contributed by atoms with Crippen LogP contribution in [0.1, 0.15) is 135 Å². The summed E-state index contributed by atoms with van der Waals surface area (Å²) >= 11 is 0. The number of unbranched alkanes of at least 4 members (excludes halogenated alkanes) is 18. The number of halogens is 1. The van der Waals surface area contributed by atoms with E-state index in [0.717, 1.165) is 12.8 Å². The minimum atomic E-state index is -0.651. The molecule has 0 rings (SSSR count). The fourth-order valence-electron chi connectivity index (χ4n) is 3.35. The lowest BCUT2D eigenvalue weighted by Gasteiger charge is -2.03. The fraction of sp³-hybridized carbons (Fsp3) is 0.955. The van der Waals surface area contributed by atoms with E-state index in [1.54, 1.807) is 0 Å². The number of hydrogen-bond acceptors (Lipinski definition) is 1.